The molecule has 0 saturated heterocycles. The molecule has 0 N–H and O–H groups in total. The number of allylic oxidation sites excluding steroid dienone is 18. The topological polar surface area (TPSA) is 78.9 Å². The van der Waals surface area contributed by atoms with Crippen molar-refractivity contribution in [3.05, 3.63) is 109 Å². The Morgan fingerprint density at radius 1 is 0.253 bits per heavy atom. The quantitative estimate of drug-likeness (QED) is 0.0261. The number of rotatable bonds is 64. The third-order valence-corrected chi connectivity index (χ3v) is 15.2. The number of unbranched alkanes of at least 4 members (excludes halogenated alkanes) is 35. The van der Waals surface area contributed by atoms with Crippen LogP contribution in [-0.2, 0) is 28.6 Å². The minimum absolute atomic E-state index is 0.0863. The Bertz CT molecular complexity index is 1660. The zero-order valence-electron chi connectivity index (χ0n) is 54.7. The molecule has 0 saturated carbocycles. The molecule has 0 aliphatic heterocycles. The number of esters is 3. The molecule has 0 aliphatic rings. The number of hydrogen-bond donors (Lipinski definition) is 0. The van der Waals surface area contributed by atoms with E-state index in [2.05, 4.69) is 130 Å². The van der Waals surface area contributed by atoms with Crippen molar-refractivity contribution < 1.29 is 28.6 Å². The molecule has 6 heteroatoms. The zero-order chi connectivity index (χ0) is 59.9. The van der Waals surface area contributed by atoms with E-state index in [0.717, 1.165) is 122 Å². The van der Waals surface area contributed by atoms with Crippen molar-refractivity contribution >= 4 is 17.9 Å². The Hall–Kier alpha value is -3.93. The number of carbonyl (C=O) groups excluding carboxylic acids is 3. The maximum absolute atomic E-state index is 13.0. The molecular weight excluding hydrogens is 1020 g/mol. The van der Waals surface area contributed by atoms with Gasteiger partial charge in [0.2, 0.25) is 0 Å². The van der Waals surface area contributed by atoms with Gasteiger partial charge in [0.25, 0.3) is 0 Å². The third kappa shape index (κ3) is 68.7. The van der Waals surface area contributed by atoms with Gasteiger partial charge in [-0.15, -0.1) is 0 Å². The smallest absolute Gasteiger partial charge is 0.306 e. The molecule has 0 amide bonds. The molecule has 83 heavy (non-hydrogen) atoms. The predicted octanol–water partition coefficient (Wildman–Crippen LogP) is 24.6. The second kappa shape index (κ2) is 70.6. The van der Waals surface area contributed by atoms with Crippen LogP contribution in [0.3, 0.4) is 0 Å². The molecule has 476 valence electrons. The van der Waals surface area contributed by atoms with Gasteiger partial charge in [0.15, 0.2) is 6.10 Å². The van der Waals surface area contributed by atoms with Gasteiger partial charge in [0.1, 0.15) is 13.2 Å². The van der Waals surface area contributed by atoms with Gasteiger partial charge in [-0.05, 0) is 128 Å². The minimum atomic E-state index is -0.793. The van der Waals surface area contributed by atoms with Gasteiger partial charge in [0, 0.05) is 19.3 Å². The molecule has 1 atom stereocenters. The van der Waals surface area contributed by atoms with Crippen molar-refractivity contribution in [2.24, 2.45) is 0 Å². The summed E-state index contributed by atoms with van der Waals surface area (Å²) >= 11 is 0. The normalized spacial score (nSPS) is 12.8. The molecule has 0 aliphatic carbocycles. The van der Waals surface area contributed by atoms with Gasteiger partial charge >= 0.3 is 17.9 Å². The molecule has 0 fully saturated rings. The SMILES string of the molecule is CC/C=C\C/C=C\C/C=C\C/C=C\CCCCCCCCC(=O)OC(COC(=O)CCCCCCCCC/C=C\C/C=C\CCCCC)COC(=O)CCCCCCCCCCCCCCCC/C=C\C/C=C\C/C=C\CCCCCCC. The first kappa shape index (κ1) is 79.1. The van der Waals surface area contributed by atoms with Crippen LogP contribution in [-0.4, -0.2) is 37.2 Å². The first-order valence-electron chi connectivity index (χ1n) is 35.4. The van der Waals surface area contributed by atoms with Crippen molar-refractivity contribution in [1.82, 2.24) is 0 Å². The maximum Gasteiger partial charge on any atom is 0.306 e. The molecule has 0 aromatic heterocycles. The fraction of sp³-hybridized carbons (Fsp3) is 0.727. The summed E-state index contributed by atoms with van der Waals surface area (Å²) in [5.74, 6) is -0.896. The van der Waals surface area contributed by atoms with Crippen molar-refractivity contribution in [2.75, 3.05) is 13.2 Å². The molecule has 0 rings (SSSR count). The largest absolute Gasteiger partial charge is 0.462 e. The second-order valence-corrected chi connectivity index (χ2v) is 23.4. The summed E-state index contributed by atoms with van der Waals surface area (Å²) < 4.78 is 17.0. The fourth-order valence-electron chi connectivity index (χ4n) is 9.94. The molecule has 0 aromatic carbocycles. The Labute approximate surface area is 514 Å². The first-order chi connectivity index (χ1) is 41.0. The molecule has 0 bridgehead atoms. The highest BCUT2D eigenvalue weighted by molar-refractivity contribution is 5.71. The minimum Gasteiger partial charge on any atom is -0.462 e. The highest BCUT2D eigenvalue weighted by atomic mass is 16.6. The van der Waals surface area contributed by atoms with Gasteiger partial charge in [-0.2, -0.15) is 0 Å². The lowest BCUT2D eigenvalue weighted by Crippen LogP contribution is -2.30. The standard InChI is InChI=1S/C77H132O6/c1-4-7-10-13-16-19-22-25-28-31-33-34-35-36-37-38-39-40-41-42-44-46-49-52-55-58-61-64-67-70-76(79)82-73-74(72-81-75(78)69-66-63-60-57-54-51-48-45-30-27-24-21-18-15-12-9-6-3)83-77(80)71-68-65-62-59-56-53-50-47-43-32-29-26-23-20-17-14-11-8-5-2/h8,11,17-18,20-22,25-27,29-31,33,35-36,43,47,74H,4-7,9-10,12-16,19,23-24,28,32,34,37-42,44-46,48-73H2,1-3H3/b11-8-,20-17-,21-18-,25-22-,29-26-,30-27-,33-31-,36-35-,47-43-. The first-order valence-corrected chi connectivity index (χ1v) is 35.4. The van der Waals surface area contributed by atoms with E-state index in [4.69, 9.17) is 14.2 Å². The van der Waals surface area contributed by atoms with E-state index in [9.17, 15) is 14.4 Å². The lowest BCUT2D eigenvalue weighted by molar-refractivity contribution is -0.167. The van der Waals surface area contributed by atoms with E-state index in [0.29, 0.717) is 19.3 Å². The Morgan fingerprint density at radius 2 is 0.470 bits per heavy atom. The average molecular weight is 1150 g/mol. The maximum atomic E-state index is 13.0. The Morgan fingerprint density at radius 3 is 0.759 bits per heavy atom. The van der Waals surface area contributed by atoms with E-state index < -0.39 is 6.10 Å². The van der Waals surface area contributed by atoms with Crippen LogP contribution in [0.2, 0.25) is 0 Å². The van der Waals surface area contributed by atoms with E-state index in [1.165, 1.54) is 180 Å². The highest BCUT2D eigenvalue weighted by Crippen LogP contribution is 2.17. The van der Waals surface area contributed by atoms with E-state index in [-0.39, 0.29) is 31.1 Å². The van der Waals surface area contributed by atoms with Gasteiger partial charge in [-0.1, -0.05) is 304 Å². The molecule has 0 heterocycles. The van der Waals surface area contributed by atoms with Crippen LogP contribution in [0.15, 0.2) is 109 Å². The summed E-state index contributed by atoms with van der Waals surface area (Å²) in [5, 5.41) is 0. The van der Waals surface area contributed by atoms with E-state index >= 15 is 0 Å². The van der Waals surface area contributed by atoms with Crippen LogP contribution < -0.4 is 0 Å². The van der Waals surface area contributed by atoms with Crippen LogP contribution in [0, 0.1) is 0 Å². The number of carbonyl (C=O) groups is 3. The molecule has 1 unspecified atom stereocenters. The molecule has 0 spiro atoms. The van der Waals surface area contributed by atoms with Crippen LogP contribution in [0.25, 0.3) is 0 Å². The van der Waals surface area contributed by atoms with E-state index in [1.807, 2.05) is 0 Å². The second-order valence-electron chi connectivity index (χ2n) is 23.4. The van der Waals surface area contributed by atoms with Crippen LogP contribution >= 0.6 is 0 Å². The molecule has 0 aromatic rings. The lowest BCUT2D eigenvalue weighted by atomic mass is 10.0. The summed E-state index contributed by atoms with van der Waals surface area (Å²) in [7, 11) is 0. The zero-order valence-corrected chi connectivity index (χ0v) is 54.7. The van der Waals surface area contributed by atoms with E-state index in [1.54, 1.807) is 0 Å². The lowest BCUT2D eigenvalue weighted by Gasteiger charge is -2.18. The number of ether oxygens (including phenoxy) is 3. The van der Waals surface area contributed by atoms with Crippen molar-refractivity contribution in [3.8, 4) is 0 Å². The summed E-state index contributed by atoms with van der Waals surface area (Å²) in [6.07, 6.45) is 96.8. The molecular formula is C77H132O6. The predicted molar refractivity (Wildman–Crippen MR) is 362 cm³/mol. The average Bonchev–Trinajstić information content (AvgIpc) is 3.49. The Kier molecular flexibility index (Phi) is 67.2. The van der Waals surface area contributed by atoms with Gasteiger partial charge in [-0.25, -0.2) is 0 Å². The number of hydrogen-bond acceptors (Lipinski definition) is 6. The van der Waals surface area contributed by atoms with Gasteiger partial charge in [0.05, 0.1) is 0 Å². The van der Waals surface area contributed by atoms with Gasteiger partial charge in [-0.3, -0.25) is 14.4 Å². The summed E-state index contributed by atoms with van der Waals surface area (Å²) in [6, 6.07) is 0. The van der Waals surface area contributed by atoms with Gasteiger partial charge < -0.3 is 14.2 Å². The third-order valence-electron chi connectivity index (χ3n) is 15.2. The van der Waals surface area contributed by atoms with Crippen molar-refractivity contribution in [3.63, 3.8) is 0 Å². The molecule has 0 radical (unpaired) electrons. The van der Waals surface area contributed by atoms with Crippen molar-refractivity contribution in [2.45, 2.75) is 348 Å². The summed E-state index contributed by atoms with van der Waals surface area (Å²) in [5.41, 5.74) is 0. The molecule has 6 nitrogen and oxygen atoms in total. The van der Waals surface area contributed by atoms with Crippen LogP contribution in [0.4, 0.5) is 0 Å². The van der Waals surface area contributed by atoms with Crippen LogP contribution in [0.1, 0.15) is 342 Å². The summed E-state index contributed by atoms with van der Waals surface area (Å²) in [4.78, 5) is 38.5. The monoisotopic (exact) mass is 1150 g/mol. The fourth-order valence-corrected chi connectivity index (χ4v) is 9.94. The van der Waals surface area contributed by atoms with Crippen LogP contribution in [0.5, 0.6) is 0 Å². The highest BCUT2D eigenvalue weighted by Gasteiger charge is 2.19. The Balaban J connectivity index is 4.33. The summed E-state index contributed by atoms with van der Waals surface area (Å²) in [6.45, 7) is 6.51. The van der Waals surface area contributed by atoms with Crippen molar-refractivity contribution in [1.29, 1.82) is 0 Å².